The van der Waals surface area contributed by atoms with E-state index in [0.29, 0.717) is 12.1 Å². The Morgan fingerprint density at radius 1 is 0.842 bits per heavy atom. The predicted octanol–water partition coefficient (Wildman–Crippen LogP) is 4.16. The molecule has 0 spiro atoms. The van der Waals surface area contributed by atoms with Crippen LogP contribution in [0.4, 0.5) is 13.2 Å². The van der Waals surface area contributed by atoms with Gasteiger partial charge in [0.15, 0.2) is 0 Å². The molecule has 0 aliphatic rings. The van der Waals surface area contributed by atoms with Gasteiger partial charge in [-0.2, -0.15) is 0 Å². The molecule has 0 heterocycles. The summed E-state index contributed by atoms with van der Waals surface area (Å²) in [4.78, 5) is 0. The van der Waals surface area contributed by atoms with Crippen LogP contribution in [0.15, 0.2) is 40.9 Å². The fourth-order valence-corrected chi connectivity index (χ4v) is 2.06. The fraction of sp³-hybridized carbons (Fsp3) is 0.143. The topological polar surface area (TPSA) is 12.0 Å². The minimum absolute atomic E-state index is 0.245. The van der Waals surface area contributed by atoms with Crippen molar-refractivity contribution >= 4 is 15.9 Å². The highest BCUT2D eigenvalue weighted by molar-refractivity contribution is 9.10. The van der Waals surface area contributed by atoms with Crippen molar-refractivity contribution in [3.05, 3.63) is 69.4 Å². The van der Waals surface area contributed by atoms with Crippen LogP contribution in [0.3, 0.4) is 0 Å². The van der Waals surface area contributed by atoms with E-state index in [0.717, 1.165) is 16.1 Å². The van der Waals surface area contributed by atoms with E-state index >= 15 is 0 Å². The highest BCUT2D eigenvalue weighted by atomic mass is 79.9. The van der Waals surface area contributed by atoms with Crippen molar-refractivity contribution in [3.8, 4) is 0 Å². The van der Waals surface area contributed by atoms with Gasteiger partial charge < -0.3 is 5.32 Å². The first-order chi connectivity index (χ1) is 9.06. The second kappa shape index (κ2) is 6.21. The lowest BCUT2D eigenvalue weighted by Crippen LogP contribution is -2.14. The van der Waals surface area contributed by atoms with Crippen LogP contribution >= 0.6 is 15.9 Å². The molecule has 0 aliphatic carbocycles. The van der Waals surface area contributed by atoms with Gasteiger partial charge in [0.2, 0.25) is 0 Å². The van der Waals surface area contributed by atoms with Gasteiger partial charge in [0, 0.05) is 29.2 Å². The molecule has 0 aliphatic heterocycles. The number of nitrogens with one attached hydrogen (secondary N) is 1. The van der Waals surface area contributed by atoms with E-state index in [1.54, 1.807) is 6.07 Å². The van der Waals surface area contributed by atoms with E-state index in [-0.39, 0.29) is 12.4 Å². The van der Waals surface area contributed by atoms with Crippen molar-refractivity contribution in [1.82, 2.24) is 5.32 Å². The standard InChI is InChI=1S/C14H11BrF3N/c15-13-4-3-11(16)5-10(13)8-19-7-9-1-2-12(17)6-14(9)18/h1-6,19H,7-8H2. The summed E-state index contributed by atoms with van der Waals surface area (Å²) in [6.07, 6.45) is 0. The molecule has 0 saturated carbocycles. The number of halogens is 4. The first-order valence-corrected chi connectivity index (χ1v) is 6.44. The van der Waals surface area contributed by atoms with E-state index in [4.69, 9.17) is 0 Å². The maximum atomic E-state index is 13.4. The summed E-state index contributed by atoms with van der Waals surface area (Å²) < 4.78 is 39.9. The molecule has 2 aromatic rings. The Hall–Kier alpha value is -1.33. The first kappa shape index (κ1) is 14.1. The molecule has 0 bridgehead atoms. The SMILES string of the molecule is Fc1ccc(CNCc2cc(F)ccc2Br)c(F)c1. The van der Waals surface area contributed by atoms with Gasteiger partial charge in [-0.15, -0.1) is 0 Å². The second-order valence-electron chi connectivity index (χ2n) is 4.08. The Labute approximate surface area is 117 Å². The zero-order valence-electron chi connectivity index (χ0n) is 9.89. The normalized spacial score (nSPS) is 10.7. The van der Waals surface area contributed by atoms with Crippen molar-refractivity contribution in [1.29, 1.82) is 0 Å². The smallest absolute Gasteiger partial charge is 0.130 e. The van der Waals surface area contributed by atoms with Crippen LogP contribution in [0.2, 0.25) is 0 Å². The van der Waals surface area contributed by atoms with Crippen LogP contribution < -0.4 is 5.32 Å². The van der Waals surface area contributed by atoms with Gasteiger partial charge in [-0.25, -0.2) is 13.2 Å². The molecule has 19 heavy (non-hydrogen) atoms. The van der Waals surface area contributed by atoms with Crippen LogP contribution in [0, 0.1) is 17.5 Å². The van der Waals surface area contributed by atoms with Gasteiger partial charge in [0.05, 0.1) is 0 Å². The molecule has 0 unspecified atom stereocenters. The molecular weight excluding hydrogens is 319 g/mol. The molecule has 0 aromatic heterocycles. The lowest BCUT2D eigenvalue weighted by molar-refractivity contribution is 0.559. The van der Waals surface area contributed by atoms with E-state index in [9.17, 15) is 13.2 Å². The third-order valence-electron chi connectivity index (χ3n) is 2.65. The molecule has 0 fully saturated rings. The van der Waals surface area contributed by atoms with E-state index in [1.807, 2.05) is 0 Å². The predicted molar refractivity (Wildman–Crippen MR) is 71.0 cm³/mol. The average Bonchev–Trinajstić information content (AvgIpc) is 2.36. The van der Waals surface area contributed by atoms with E-state index in [1.165, 1.54) is 24.3 Å². The highest BCUT2D eigenvalue weighted by Gasteiger charge is 2.05. The molecule has 2 aromatic carbocycles. The summed E-state index contributed by atoms with van der Waals surface area (Å²) in [5.41, 5.74) is 1.11. The van der Waals surface area contributed by atoms with Crippen molar-refractivity contribution in [3.63, 3.8) is 0 Å². The van der Waals surface area contributed by atoms with Gasteiger partial charge in [0.1, 0.15) is 17.5 Å². The van der Waals surface area contributed by atoms with Crippen LogP contribution in [-0.4, -0.2) is 0 Å². The van der Waals surface area contributed by atoms with E-state index in [2.05, 4.69) is 21.2 Å². The summed E-state index contributed by atoms with van der Waals surface area (Å²) in [7, 11) is 0. The largest absolute Gasteiger partial charge is 0.308 e. The van der Waals surface area contributed by atoms with Gasteiger partial charge in [0.25, 0.3) is 0 Å². The summed E-state index contributed by atoms with van der Waals surface area (Å²) in [5.74, 6) is -1.52. The third kappa shape index (κ3) is 3.81. The molecule has 0 radical (unpaired) electrons. The Morgan fingerprint density at radius 2 is 1.47 bits per heavy atom. The molecule has 1 nitrogen and oxygen atoms in total. The Morgan fingerprint density at radius 3 is 2.21 bits per heavy atom. The molecule has 0 saturated heterocycles. The van der Waals surface area contributed by atoms with Gasteiger partial charge in [-0.05, 0) is 29.8 Å². The monoisotopic (exact) mass is 329 g/mol. The number of hydrogen-bond donors (Lipinski definition) is 1. The highest BCUT2D eigenvalue weighted by Crippen LogP contribution is 2.18. The van der Waals surface area contributed by atoms with Gasteiger partial charge in [-0.3, -0.25) is 0 Å². The zero-order valence-corrected chi connectivity index (χ0v) is 11.5. The fourth-order valence-electron chi connectivity index (χ4n) is 1.68. The van der Waals surface area contributed by atoms with Crippen molar-refractivity contribution in [2.75, 3.05) is 0 Å². The molecular formula is C14H11BrF3N. The lowest BCUT2D eigenvalue weighted by atomic mass is 10.2. The van der Waals surface area contributed by atoms with Gasteiger partial charge >= 0.3 is 0 Å². The Balaban J connectivity index is 1.98. The maximum absolute atomic E-state index is 13.4. The van der Waals surface area contributed by atoms with Gasteiger partial charge in [-0.1, -0.05) is 22.0 Å². The summed E-state index contributed by atoms with van der Waals surface area (Å²) in [6.45, 7) is 0.629. The molecule has 5 heteroatoms. The number of benzene rings is 2. The van der Waals surface area contributed by atoms with Crippen LogP contribution in [0.25, 0.3) is 0 Å². The quantitative estimate of drug-likeness (QED) is 0.888. The lowest BCUT2D eigenvalue weighted by Gasteiger charge is -2.08. The molecule has 0 amide bonds. The van der Waals surface area contributed by atoms with Crippen LogP contribution in [-0.2, 0) is 13.1 Å². The first-order valence-electron chi connectivity index (χ1n) is 5.65. The second-order valence-corrected chi connectivity index (χ2v) is 4.93. The molecule has 2 rings (SSSR count). The van der Waals surface area contributed by atoms with Crippen molar-refractivity contribution < 1.29 is 13.2 Å². The Kier molecular flexibility index (Phi) is 4.61. The average molecular weight is 330 g/mol. The van der Waals surface area contributed by atoms with Crippen molar-refractivity contribution in [2.45, 2.75) is 13.1 Å². The zero-order chi connectivity index (χ0) is 13.8. The van der Waals surface area contributed by atoms with Crippen LogP contribution in [0.5, 0.6) is 0 Å². The molecule has 100 valence electrons. The Bertz CT molecular complexity index is 587. The number of hydrogen-bond acceptors (Lipinski definition) is 1. The summed E-state index contributed by atoms with van der Waals surface area (Å²) in [5, 5.41) is 2.99. The third-order valence-corrected chi connectivity index (χ3v) is 3.43. The van der Waals surface area contributed by atoms with Crippen LogP contribution in [0.1, 0.15) is 11.1 Å². The minimum atomic E-state index is -0.603. The molecule has 0 atom stereocenters. The summed E-state index contributed by atoms with van der Waals surface area (Å²) in [6, 6.07) is 7.81. The summed E-state index contributed by atoms with van der Waals surface area (Å²) >= 11 is 3.31. The minimum Gasteiger partial charge on any atom is -0.308 e. The number of rotatable bonds is 4. The van der Waals surface area contributed by atoms with Crippen molar-refractivity contribution in [2.24, 2.45) is 0 Å². The molecule has 1 N–H and O–H groups in total. The van der Waals surface area contributed by atoms with E-state index < -0.39 is 11.6 Å². The maximum Gasteiger partial charge on any atom is 0.130 e.